The molecule has 0 saturated carbocycles. The summed E-state index contributed by atoms with van der Waals surface area (Å²) in [6, 6.07) is 39.5. The second-order valence-electron chi connectivity index (χ2n) is 20.0. The Morgan fingerprint density at radius 1 is 0.312 bits per heavy atom. The van der Waals surface area contributed by atoms with Gasteiger partial charge in [-0.25, -0.2) is 48.2 Å². The van der Waals surface area contributed by atoms with Gasteiger partial charge in [-0.05, 0) is 97.1 Å². The summed E-state index contributed by atoms with van der Waals surface area (Å²) < 4.78 is 34.7. The number of aromatic amines is 2. The van der Waals surface area contributed by atoms with Gasteiger partial charge in [0.25, 0.3) is 0 Å². The van der Waals surface area contributed by atoms with Crippen LogP contribution in [-0.2, 0) is 26.2 Å². The molecule has 4 aromatic carbocycles. The summed E-state index contributed by atoms with van der Waals surface area (Å²) in [5.41, 5.74) is 5.14. The third-order valence-electron chi connectivity index (χ3n) is 13.9. The Kier molecular flexibility index (Phi) is 13.3. The van der Waals surface area contributed by atoms with Crippen molar-refractivity contribution in [3.05, 3.63) is 171 Å². The molecular weight excluding hydrogens is 1000 g/mol. The number of aryl methyl sites for hydroxylation is 4. The summed E-state index contributed by atoms with van der Waals surface area (Å²) in [7, 11) is 0. The van der Waals surface area contributed by atoms with E-state index in [1.54, 1.807) is 0 Å². The molecule has 2 N–H and O–H groups in total. The highest BCUT2D eigenvalue weighted by Gasteiger charge is 2.25. The summed E-state index contributed by atoms with van der Waals surface area (Å²) in [6.45, 7) is 12.1. The summed E-state index contributed by atoms with van der Waals surface area (Å²) in [6.07, 6.45) is 20.2. The van der Waals surface area contributed by atoms with E-state index in [1.807, 2.05) is 171 Å². The number of fused-ring (bicyclic) bond motifs is 20. The molecule has 16 heteroatoms. The van der Waals surface area contributed by atoms with Gasteiger partial charge in [0.2, 0.25) is 24.8 Å². The summed E-state index contributed by atoms with van der Waals surface area (Å²) in [5, 5.41) is 3.13. The number of aromatic nitrogens is 12. The van der Waals surface area contributed by atoms with Crippen molar-refractivity contribution in [3.8, 4) is 91.5 Å². The van der Waals surface area contributed by atoms with Crippen molar-refractivity contribution >= 4 is 44.1 Å². The van der Waals surface area contributed by atoms with Crippen LogP contribution in [0.3, 0.4) is 0 Å². The number of nitrogens with zero attached hydrogens (tertiary/aromatic N) is 10. The first-order valence-corrected chi connectivity index (χ1v) is 27.4. The quantitative estimate of drug-likeness (QED) is 0.0891. The first kappa shape index (κ1) is 49.6. The van der Waals surface area contributed by atoms with Crippen molar-refractivity contribution in [1.29, 1.82) is 0 Å². The Hall–Kier alpha value is -9.96. The van der Waals surface area contributed by atoms with Crippen LogP contribution in [-0.4, -0.2) is 39.9 Å². The number of pyridine rings is 4. The average molecular weight is 1060 g/mol. The molecule has 16 nitrogen and oxygen atoms in total. The smallest absolute Gasteiger partial charge is 0.211 e. The Morgan fingerprint density at radius 3 is 0.950 bits per heavy atom. The van der Waals surface area contributed by atoms with E-state index >= 15 is 0 Å². The SMILES string of the molecule is CCC[n+]1cccc(Oc2ccc3c(c2)-c2nc-3nc3[nH]c(nc4nc(nc5[nH]c(n2)c2ccc(Oc6ccc[n+](CCC)c6)cc52)-c2ccc(Oc5ccc[n+](CCC)c5)cc2-4)c2ccc(Oc4ccc[n+](CCC)c4)cc32)c1. The highest BCUT2D eigenvalue weighted by molar-refractivity contribution is 6.07. The average Bonchev–Trinajstić information content (AvgIpc) is 4.23. The van der Waals surface area contributed by atoms with Crippen LogP contribution >= 0.6 is 0 Å². The van der Waals surface area contributed by atoms with Crippen LogP contribution < -0.4 is 37.2 Å². The van der Waals surface area contributed by atoms with Gasteiger partial charge in [-0.1, -0.05) is 27.7 Å². The van der Waals surface area contributed by atoms with Crippen LogP contribution in [0.1, 0.15) is 53.4 Å². The van der Waals surface area contributed by atoms with Crippen LogP contribution in [0.15, 0.2) is 171 Å². The van der Waals surface area contributed by atoms with Gasteiger partial charge >= 0.3 is 0 Å². The first-order chi connectivity index (χ1) is 39.3. The summed E-state index contributed by atoms with van der Waals surface area (Å²) >= 11 is 0. The van der Waals surface area contributed by atoms with Crippen LogP contribution in [0.5, 0.6) is 46.0 Å². The Balaban J connectivity index is 1.04. The molecule has 2 aliphatic heterocycles. The molecule has 0 atom stereocenters. The minimum Gasteiger partial charge on any atom is -0.451 e. The molecule has 0 aliphatic carbocycles. The highest BCUT2D eigenvalue weighted by atomic mass is 16.5. The zero-order valence-electron chi connectivity index (χ0n) is 44.9. The minimum absolute atomic E-state index is 0.435. The second kappa shape index (κ2) is 21.5. The lowest BCUT2D eigenvalue weighted by atomic mass is 10.1. The third-order valence-corrected chi connectivity index (χ3v) is 13.9. The van der Waals surface area contributed by atoms with Gasteiger partial charge in [-0.2, -0.15) is 0 Å². The number of hydrogen-bond acceptors (Lipinski definition) is 10. The number of nitrogens with one attached hydrogen (secondary N) is 2. The highest BCUT2D eigenvalue weighted by Crippen LogP contribution is 2.41. The Bertz CT molecular complexity index is 4090. The van der Waals surface area contributed by atoms with E-state index in [9.17, 15) is 0 Å². The lowest BCUT2D eigenvalue weighted by molar-refractivity contribution is -0.697. The van der Waals surface area contributed by atoms with Crippen molar-refractivity contribution in [2.45, 2.75) is 79.6 Å². The fraction of sp³-hybridized carbons (Fsp3) is 0.188. The zero-order valence-corrected chi connectivity index (χ0v) is 44.9. The number of ether oxygens (including phenoxy) is 4. The van der Waals surface area contributed by atoms with Gasteiger partial charge < -0.3 is 28.9 Å². The van der Waals surface area contributed by atoms with Crippen molar-refractivity contribution in [1.82, 2.24) is 39.9 Å². The minimum atomic E-state index is 0.435. The van der Waals surface area contributed by atoms with Gasteiger partial charge in [-0.15, -0.1) is 0 Å². The molecule has 394 valence electrons. The standard InChI is InChI=1S/C64H58N12O4/c1-5-25-73-29-9-13-45(37-73)77-41-17-21-49-53(33-41)61-65-57(49)70-62-55-35-43(79-47-15-11-31-75(39-47)27-7-3)19-23-51(55)59(67-62)72-64-56-36-44(80-48-16-12-32-76(40-48)28-8-4)20-24-52(56)60(68-64)71-63-54-34-42(18-22-50(54)58(66-63)69-61)78-46-14-10-30-74(38-46)26-6-2/h9-24,29-40H,5-8,25-28H2,1-4H3,(H2,65,66,67,68,69,70,71,72)/q+4. The van der Waals surface area contributed by atoms with E-state index < -0.39 is 0 Å². The lowest BCUT2D eigenvalue weighted by Gasteiger charge is -2.07. The number of benzene rings is 4. The normalized spacial score (nSPS) is 11.7. The van der Waals surface area contributed by atoms with Crippen molar-refractivity contribution < 1.29 is 37.2 Å². The predicted molar refractivity (Wildman–Crippen MR) is 304 cm³/mol. The molecule has 0 spiro atoms. The predicted octanol–water partition coefficient (Wildman–Crippen LogP) is 12.8. The van der Waals surface area contributed by atoms with Crippen LogP contribution in [0, 0.1) is 0 Å². The molecular formula is C64H58N12O4+4. The zero-order chi connectivity index (χ0) is 54.1. The molecule has 0 radical (unpaired) electrons. The maximum Gasteiger partial charge on any atom is 0.211 e. The lowest BCUT2D eigenvalue weighted by Crippen LogP contribution is -2.32. The second-order valence-corrected chi connectivity index (χ2v) is 20.0. The molecule has 7 aromatic heterocycles. The van der Waals surface area contributed by atoms with Crippen LogP contribution in [0.4, 0.5) is 0 Å². The van der Waals surface area contributed by atoms with Gasteiger partial charge in [0, 0.05) is 93.7 Å². The molecule has 0 saturated heterocycles. The molecule has 9 heterocycles. The third kappa shape index (κ3) is 10.1. The van der Waals surface area contributed by atoms with E-state index in [0.29, 0.717) is 91.9 Å². The summed E-state index contributed by atoms with van der Waals surface area (Å²) in [4.78, 5) is 39.1. The van der Waals surface area contributed by atoms with Crippen LogP contribution in [0.25, 0.3) is 89.7 Å². The molecule has 80 heavy (non-hydrogen) atoms. The monoisotopic (exact) mass is 1060 g/mol. The maximum absolute atomic E-state index is 6.55. The van der Waals surface area contributed by atoms with Gasteiger partial charge in [0.15, 0.2) is 71.1 Å². The molecule has 0 amide bonds. The summed E-state index contributed by atoms with van der Waals surface area (Å²) in [5.74, 6) is 7.13. The molecule has 0 fully saturated rings. The van der Waals surface area contributed by atoms with E-state index in [0.717, 1.165) is 95.7 Å². The molecule has 11 aromatic rings. The number of rotatable bonds is 16. The van der Waals surface area contributed by atoms with E-state index in [-0.39, 0.29) is 0 Å². The number of H-pyrrole nitrogens is 2. The van der Waals surface area contributed by atoms with Gasteiger partial charge in [0.1, 0.15) is 71.8 Å². The fourth-order valence-corrected chi connectivity index (χ4v) is 10.3. The molecule has 0 unspecified atom stereocenters. The van der Waals surface area contributed by atoms with Gasteiger partial charge in [-0.3, -0.25) is 0 Å². The maximum atomic E-state index is 6.55. The first-order valence-electron chi connectivity index (χ1n) is 27.4. The Labute approximate surface area is 461 Å². The molecule has 13 rings (SSSR count). The van der Waals surface area contributed by atoms with E-state index in [1.165, 1.54) is 0 Å². The van der Waals surface area contributed by atoms with E-state index in [4.69, 9.17) is 48.9 Å². The van der Waals surface area contributed by atoms with Crippen molar-refractivity contribution in [2.75, 3.05) is 0 Å². The van der Waals surface area contributed by atoms with Crippen molar-refractivity contribution in [3.63, 3.8) is 0 Å². The van der Waals surface area contributed by atoms with Crippen molar-refractivity contribution in [2.24, 2.45) is 0 Å². The number of hydrogen-bond donors (Lipinski definition) is 2. The topological polar surface area (TPSA) is 161 Å². The molecule has 2 aliphatic rings. The van der Waals surface area contributed by atoms with Gasteiger partial charge in [0.05, 0.1) is 0 Å². The van der Waals surface area contributed by atoms with Crippen LogP contribution in [0.2, 0.25) is 0 Å². The largest absolute Gasteiger partial charge is 0.451 e. The Morgan fingerprint density at radius 2 is 0.613 bits per heavy atom. The molecule has 8 bridgehead atoms. The van der Waals surface area contributed by atoms with E-state index in [2.05, 4.69) is 55.9 Å². The fourth-order valence-electron chi connectivity index (χ4n) is 10.3.